The molecule has 0 aliphatic heterocycles. The Bertz CT molecular complexity index is 453. The Kier molecular flexibility index (Phi) is 4.27. The van der Waals surface area contributed by atoms with Crippen molar-refractivity contribution in [2.24, 2.45) is 5.92 Å². The number of benzene rings is 1. The van der Waals surface area contributed by atoms with Gasteiger partial charge in [0.15, 0.2) is 11.5 Å². The number of ketones is 1. The van der Waals surface area contributed by atoms with Crippen LogP contribution in [-0.2, 0) is 11.2 Å². The van der Waals surface area contributed by atoms with Crippen LogP contribution in [0.25, 0.3) is 0 Å². The van der Waals surface area contributed by atoms with Crippen LogP contribution in [0.4, 0.5) is 0 Å². The molecule has 1 aliphatic rings. The summed E-state index contributed by atoms with van der Waals surface area (Å²) < 4.78 is 12.1. The van der Waals surface area contributed by atoms with E-state index in [-0.39, 0.29) is 5.78 Å². The van der Waals surface area contributed by atoms with Gasteiger partial charge >= 0.3 is 0 Å². The number of Topliss-reactive ketones (excluding diaryl/α,β-unsaturated/α-hetero) is 1. The number of halogens is 1. The minimum Gasteiger partial charge on any atom is -0.493 e. The largest absolute Gasteiger partial charge is 0.493 e. The molecule has 1 aliphatic carbocycles. The number of ether oxygens (including phenoxy) is 2. The maximum Gasteiger partial charge on any atom is 0.165 e. The van der Waals surface area contributed by atoms with E-state index < -0.39 is 0 Å². The first-order chi connectivity index (χ1) is 8.61. The third kappa shape index (κ3) is 3.25. The van der Waals surface area contributed by atoms with Crippen molar-refractivity contribution in [3.63, 3.8) is 0 Å². The molecule has 4 heteroatoms. The predicted octanol–water partition coefficient (Wildman–Crippen LogP) is 3.38. The molecule has 0 aromatic heterocycles. The Morgan fingerprint density at radius 3 is 2.72 bits per heavy atom. The third-order valence-electron chi connectivity index (χ3n) is 2.97. The molecule has 3 nitrogen and oxygen atoms in total. The fourth-order valence-corrected chi connectivity index (χ4v) is 2.25. The molecule has 1 aromatic rings. The number of carbonyl (C=O) groups is 1. The summed E-state index contributed by atoms with van der Waals surface area (Å²) in [6, 6.07) is 3.75. The zero-order valence-electron chi connectivity index (χ0n) is 10.7. The van der Waals surface area contributed by atoms with Crippen LogP contribution in [0.5, 0.6) is 11.5 Å². The lowest BCUT2D eigenvalue weighted by atomic mass is 10.1. The van der Waals surface area contributed by atoms with Gasteiger partial charge in [-0.05, 0) is 37.8 Å². The van der Waals surface area contributed by atoms with Crippen molar-refractivity contribution in [3.8, 4) is 11.5 Å². The normalized spacial score (nSPS) is 14.4. The first kappa shape index (κ1) is 13.4. The van der Waals surface area contributed by atoms with E-state index in [2.05, 4.69) is 15.9 Å². The van der Waals surface area contributed by atoms with Crippen LogP contribution in [-0.4, -0.2) is 19.5 Å². The van der Waals surface area contributed by atoms with Gasteiger partial charge in [-0.2, -0.15) is 0 Å². The molecule has 1 saturated carbocycles. The highest BCUT2D eigenvalue weighted by Crippen LogP contribution is 2.38. The van der Waals surface area contributed by atoms with E-state index in [0.717, 1.165) is 10.0 Å². The Morgan fingerprint density at radius 1 is 1.44 bits per heavy atom. The van der Waals surface area contributed by atoms with Gasteiger partial charge in [0.05, 0.1) is 13.7 Å². The molecule has 0 unspecified atom stereocenters. The van der Waals surface area contributed by atoms with Crippen molar-refractivity contribution < 1.29 is 14.3 Å². The van der Waals surface area contributed by atoms with E-state index in [1.165, 1.54) is 12.8 Å². The van der Waals surface area contributed by atoms with Gasteiger partial charge < -0.3 is 9.47 Å². The maximum atomic E-state index is 11.4. The zero-order valence-corrected chi connectivity index (χ0v) is 12.2. The number of rotatable bonds is 6. The Morgan fingerprint density at radius 2 is 2.17 bits per heavy atom. The first-order valence-corrected chi connectivity index (χ1v) is 6.88. The van der Waals surface area contributed by atoms with E-state index in [1.807, 2.05) is 12.1 Å². The van der Waals surface area contributed by atoms with E-state index in [1.54, 1.807) is 14.0 Å². The van der Waals surface area contributed by atoms with Crippen molar-refractivity contribution in [2.45, 2.75) is 26.2 Å². The van der Waals surface area contributed by atoms with Gasteiger partial charge in [-0.15, -0.1) is 0 Å². The SMILES string of the molecule is COc1ccc(Br)c(CC(C)=O)c1OCC1CC1. The molecule has 1 fully saturated rings. The monoisotopic (exact) mass is 312 g/mol. The van der Waals surface area contributed by atoms with Gasteiger partial charge in [0.25, 0.3) is 0 Å². The second kappa shape index (κ2) is 5.74. The molecular weight excluding hydrogens is 296 g/mol. The van der Waals surface area contributed by atoms with Crippen molar-refractivity contribution >= 4 is 21.7 Å². The maximum absolute atomic E-state index is 11.4. The fourth-order valence-electron chi connectivity index (χ4n) is 1.80. The summed E-state index contributed by atoms with van der Waals surface area (Å²) >= 11 is 3.47. The van der Waals surface area contributed by atoms with E-state index in [9.17, 15) is 4.79 Å². The highest BCUT2D eigenvalue weighted by atomic mass is 79.9. The van der Waals surface area contributed by atoms with Gasteiger partial charge in [-0.1, -0.05) is 15.9 Å². The average Bonchev–Trinajstić information content (AvgIpc) is 3.13. The molecule has 18 heavy (non-hydrogen) atoms. The zero-order chi connectivity index (χ0) is 13.1. The molecule has 0 radical (unpaired) electrons. The smallest absolute Gasteiger partial charge is 0.165 e. The van der Waals surface area contributed by atoms with Crippen LogP contribution in [0.3, 0.4) is 0 Å². The minimum atomic E-state index is 0.111. The molecule has 0 spiro atoms. The second-order valence-corrected chi connectivity index (χ2v) is 5.54. The van der Waals surface area contributed by atoms with Crippen LogP contribution in [0, 0.1) is 5.92 Å². The highest BCUT2D eigenvalue weighted by molar-refractivity contribution is 9.10. The van der Waals surface area contributed by atoms with E-state index in [0.29, 0.717) is 30.4 Å². The van der Waals surface area contributed by atoms with Crippen molar-refractivity contribution in [1.29, 1.82) is 0 Å². The molecule has 0 amide bonds. The third-order valence-corrected chi connectivity index (χ3v) is 3.72. The van der Waals surface area contributed by atoms with Gasteiger partial charge in [0.2, 0.25) is 0 Å². The number of hydrogen-bond donors (Lipinski definition) is 0. The first-order valence-electron chi connectivity index (χ1n) is 6.09. The number of methoxy groups -OCH3 is 1. The van der Waals surface area contributed by atoms with Crippen LogP contribution in [0.1, 0.15) is 25.3 Å². The van der Waals surface area contributed by atoms with E-state index >= 15 is 0 Å². The second-order valence-electron chi connectivity index (χ2n) is 4.69. The van der Waals surface area contributed by atoms with Crippen molar-refractivity contribution in [2.75, 3.05) is 13.7 Å². The summed E-state index contributed by atoms with van der Waals surface area (Å²) in [6.07, 6.45) is 2.83. The molecule has 0 bridgehead atoms. The van der Waals surface area contributed by atoms with Crippen LogP contribution < -0.4 is 9.47 Å². The molecule has 0 saturated heterocycles. The van der Waals surface area contributed by atoms with Crippen molar-refractivity contribution in [1.82, 2.24) is 0 Å². The summed E-state index contributed by atoms with van der Waals surface area (Å²) in [5.41, 5.74) is 0.877. The summed E-state index contributed by atoms with van der Waals surface area (Å²) in [4.78, 5) is 11.4. The standard InChI is InChI=1S/C14H17BrO3/c1-9(16)7-11-12(15)5-6-13(17-2)14(11)18-8-10-3-4-10/h5-6,10H,3-4,7-8H2,1-2H3. The molecule has 0 heterocycles. The van der Waals surface area contributed by atoms with Gasteiger partial charge in [-0.25, -0.2) is 0 Å². The lowest BCUT2D eigenvalue weighted by Gasteiger charge is -2.15. The summed E-state index contributed by atoms with van der Waals surface area (Å²) in [5.74, 6) is 2.17. The summed E-state index contributed by atoms with van der Waals surface area (Å²) in [7, 11) is 1.62. The van der Waals surface area contributed by atoms with Gasteiger partial charge in [0.1, 0.15) is 5.78 Å². The van der Waals surface area contributed by atoms with E-state index in [4.69, 9.17) is 9.47 Å². The highest BCUT2D eigenvalue weighted by Gasteiger charge is 2.24. The minimum absolute atomic E-state index is 0.111. The molecule has 0 atom stereocenters. The Labute approximate surface area is 116 Å². The topological polar surface area (TPSA) is 35.5 Å². The van der Waals surface area contributed by atoms with Gasteiger partial charge in [-0.3, -0.25) is 4.79 Å². The summed E-state index contributed by atoms with van der Waals surface area (Å²) in [6.45, 7) is 2.29. The lowest BCUT2D eigenvalue weighted by Crippen LogP contribution is -2.07. The molecule has 0 N–H and O–H groups in total. The number of carbonyl (C=O) groups excluding carboxylic acids is 1. The molecule has 1 aromatic carbocycles. The predicted molar refractivity (Wildman–Crippen MR) is 73.3 cm³/mol. The molecule has 98 valence electrons. The van der Waals surface area contributed by atoms with Crippen molar-refractivity contribution in [3.05, 3.63) is 22.2 Å². The van der Waals surface area contributed by atoms with Gasteiger partial charge in [0, 0.05) is 16.5 Å². The molecular formula is C14H17BrO3. The quantitative estimate of drug-likeness (QED) is 0.808. The number of hydrogen-bond acceptors (Lipinski definition) is 3. The lowest BCUT2D eigenvalue weighted by molar-refractivity contribution is -0.116. The Balaban J connectivity index is 2.28. The Hall–Kier alpha value is -1.03. The average molecular weight is 313 g/mol. The molecule has 2 rings (SSSR count). The fraction of sp³-hybridized carbons (Fsp3) is 0.500. The van der Waals surface area contributed by atoms with Crippen LogP contribution in [0.2, 0.25) is 0 Å². The van der Waals surface area contributed by atoms with Crippen LogP contribution >= 0.6 is 15.9 Å². The summed E-state index contributed by atoms with van der Waals surface area (Å²) in [5, 5.41) is 0. The van der Waals surface area contributed by atoms with Crippen LogP contribution in [0.15, 0.2) is 16.6 Å².